The number of nitrogens with one attached hydrogen (secondary N) is 1. The van der Waals surface area contributed by atoms with Crippen molar-refractivity contribution in [2.24, 2.45) is 28.0 Å². The minimum absolute atomic E-state index is 0.367. The predicted molar refractivity (Wildman–Crippen MR) is 99.2 cm³/mol. The number of rotatable bonds is 4. The number of nitrogens with zero attached hydrogens (tertiary/aromatic N) is 2. The lowest BCUT2D eigenvalue weighted by Gasteiger charge is -2.42. The van der Waals surface area contributed by atoms with Crippen LogP contribution in [-0.2, 0) is 0 Å². The number of nitrogens with two attached hydrogens (primary N) is 1. The van der Waals surface area contributed by atoms with Gasteiger partial charge >= 0.3 is 0 Å². The van der Waals surface area contributed by atoms with Crippen LogP contribution >= 0.6 is 0 Å². The van der Waals surface area contributed by atoms with E-state index in [0.29, 0.717) is 17.4 Å². The van der Waals surface area contributed by atoms with Crippen LogP contribution in [0.1, 0.15) is 46.5 Å². The van der Waals surface area contributed by atoms with Gasteiger partial charge < -0.3 is 16.0 Å². The molecule has 3 N–H and O–H groups in total. The van der Waals surface area contributed by atoms with Crippen LogP contribution in [0.2, 0.25) is 0 Å². The second kappa shape index (κ2) is 7.52. The molecule has 4 heteroatoms. The van der Waals surface area contributed by atoms with E-state index in [0.717, 1.165) is 30.5 Å². The van der Waals surface area contributed by atoms with Crippen molar-refractivity contribution in [2.45, 2.75) is 52.5 Å². The standard InChI is InChI=1S/C19H34N4/c1-6-18(22-13-16(21-5)14(2)3)23-9-7-19(8-10-23)12-15(4)11-17(19)20/h6,13-15,17,21H,1,7-12,20H2,2-5H3/b16-13-,22-18?. The highest BCUT2D eigenvalue weighted by Crippen LogP contribution is 2.47. The van der Waals surface area contributed by atoms with Crippen molar-refractivity contribution in [3.63, 3.8) is 0 Å². The molecule has 2 fully saturated rings. The van der Waals surface area contributed by atoms with Gasteiger partial charge in [-0.25, -0.2) is 4.99 Å². The highest BCUT2D eigenvalue weighted by molar-refractivity contribution is 5.93. The van der Waals surface area contributed by atoms with E-state index in [-0.39, 0.29) is 0 Å². The minimum Gasteiger partial charge on any atom is -0.390 e. The van der Waals surface area contributed by atoms with Crippen LogP contribution in [0.5, 0.6) is 0 Å². The second-order valence-corrected chi connectivity index (χ2v) is 7.68. The van der Waals surface area contributed by atoms with Gasteiger partial charge in [0.1, 0.15) is 5.84 Å². The molecule has 1 heterocycles. The summed E-state index contributed by atoms with van der Waals surface area (Å²) in [5, 5.41) is 3.22. The zero-order chi connectivity index (χ0) is 17.0. The van der Waals surface area contributed by atoms with Crippen LogP contribution in [-0.4, -0.2) is 36.9 Å². The molecule has 0 aromatic heterocycles. The summed E-state index contributed by atoms with van der Waals surface area (Å²) in [5.41, 5.74) is 7.96. The molecule has 1 saturated heterocycles. The number of likely N-dealkylation sites (tertiary alicyclic amines) is 1. The van der Waals surface area contributed by atoms with E-state index in [1.165, 1.54) is 25.7 Å². The lowest BCUT2D eigenvalue weighted by molar-refractivity contribution is 0.132. The van der Waals surface area contributed by atoms with Crippen molar-refractivity contribution >= 4 is 5.84 Å². The van der Waals surface area contributed by atoms with Crippen LogP contribution in [0.15, 0.2) is 29.5 Å². The Morgan fingerprint density at radius 2 is 2.04 bits per heavy atom. The topological polar surface area (TPSA) is 53.7 Å². The Morgan fingerprint density at radius 1 is 1.39 bits per heavy atom. The van der Waals surface area contributed by atoms with Crippen molar-refractivity contribution in [1.29, 1.82) is 0 Å². The van der Waals surface area contributed by atoms with Crippen LogP contribution < -0.4 is 11.1 Å². The van der Waals surface area contributed by atoms with E-state index in [4.69, 9.17) is 5.73 Å². The quantitative estimate of drug-likeness (QED) is 0.618. The van der Waals surface area contributed by atoms with Crippen LogP contribution in [0.25, 0.3) is 0 Å². The smallest absolute Gasteiger partial charge is 0.127 e. The van der Waals surface area contributed by atoms with E-state index >= 15 is 0 Å². The number of piperidine rings is 1. The lowest BCUT2D eigenvalue weighted by Crippen LogP contribution is -2.48. The SMILES string of the molecule is C=CC(=N/C=C(\NC)C(C)C)N1CCC2(CC1)CC(C)CC2N. The molecule has 1 spiro atoms. The van der Waals surface area contributed by atoms with Gasteiger partial charge in [-0.1, -0.05) is 27.4 Å². The van der Waals surface area contributed by atoms with Crippen LogP contribution in [0.4, 0.5) is 0 Å². The normalized spacial score (nSPS) is 28.5. The first-order valence-corrected chi connectivity index (χ1v) is 9.00. The summed E-state index contributed by atoms with van der Waals surface area (Å²) >= 11 is 0. The fourth-order valence-corrected chi connectivity index (χ4v) is 4.27. The molecule has 0 aromatic carbocycles. The Bertz CT molecular complexity index is 470. The Labute approximate surface area is 141 Å². The third-order valence-corrected chi connectivity index (χ3v) is 5.71. The molecule has 2 unspecified atom stereocenters. The van der Waals surface area contributed by atoms with Crippen LogP contribution in [0.3, 0.4) is 0 Å². The number of amidine groups is 1. The Morgan fingerprint density at radius 3 is 2.48 bits per heavy atom. The van der Waals surface area contributed by atoms with Gasteiger partial charge in [0.15, 0.2) is 0 Å². The summed E-state index contributed by atoms with van der Waals surface area (Å²) in [5.74, 6) is 2.20. The maximum atomic E-state index is 6.45. The molecule has 1 saturated carbocycles. The highest BCUT2D eigenvalue weighted by atomic mass is 15.2. The van der Waals surface area contributed by atoms with Crippen molar-refractivity contribution in [3.8, 4) is 0 Å². The van der Waals surface area contributed by atoms with E-state index in [1.807, 2.05) is 19.3 Å². The molecule has 0 bridgehead atoms. The van der Waals surface area contributed by atoms with Gasteiger partial charge in [-0.2, -0.15) is 0 Å². The summed E-state index contributed by atoms with van der Waals surface area (Å²) in [4.78, 5) is 7.04. The van der Waals surface area contributed by atoms with Gasteiger partial charge in [0.25, 0.3) is 0 Å². The number of hydrogen-bond acceptors (Lipinski definition) is 3. The van der Waals surface area contributed by atoms with E-state index in [1.54, 1.807) is 0 Å². The first kappa shape index (κ1) is 18.1. The first-order chi connectivity index (χ1) is 10.9. The van der Waals surface area contributed by atoms with E-state index in [2.05, 4.69) is 42.6 Å². The molecule has 23 heavy (non-hydrogen) atoms. The first-order valence-electron chi connectivity index (χ1n) is 9.00. The van der Waals surface area contributed by atoms with Gasteiger partial charge in [-0.05, 0) is 49.0 Å². The van der Waals surface area contributed by atoms with Crippen molar-refractivity contribution < 1.29 is 0 Å². The maximum Gasteiger partial charge on any atom is 0.127 e. The molecule has 2 atom stereocenters. The van der Waals surface area contributed by atoms with Gasteiger partial charge in [0.05, 0.1) is 0 Å². The zero-order valence-electron chi connectivity index (χ0n) is 15.3. The van der Waals surface area contributed by atoms with E-state index < -0.39 is 0 Å². The van der Waals surface area contributed by atoms with Crippen LogP contribution in [0, 0.1) is 17.3 Å². The molecule has 1 aliphatic heterocycles. The number of allylic oxidation sites excluding steroid dienone is 1. The largest absolute Gasteiger partial charge is 0.390 e. The minimum atomic E-state index is 0.367. The van der Waals surface area contributed by atoms with Crippen molar-refractivity contribution in [3.05, 3.63) is 24.6 Å². The summed E-state index contributed by atoms with van der Waals surface area (Å²) in [7, 11) is 1.95. The predicted octanol–water partition coefficient (Wildman–Crippen LogP) is 3.13. The second-order valence-electron chi connectivity index (χ2n) is 7.68. The highest BCUT2D eigenvalue weighted by Gasteiger charge is 2.45. The molecular formula is C19H34N4. The maximum absolute atomic E-state index is 6.45. The molecule has 2 aliphatic rings. The summed E-state index contributed by atoms with van der Waals surface area (Å²) in [6.07, 6.45) is 8.65. The molecule has 130 valence electrons. The fraction of sp³-hybridized carbons (Fsp3) is 0.737. The third kappa shape index (κ3) is 3.97. The third-order valence-electron chi connectivity index (χ3n) is 5.71. The average molecular weight is 319 g/mol. The molecule has 0 aromatic rings. The summed E-state index contributed by atoms with van der Waals surface area (Å²) in [6, 6.07) is 0.375. The van der Waals surface area contributed by atoms with Crippen molar-refractivity contribution in [2.75, 3.05) is 20.1 Å². The van der Waals surface area contributed by atoms with Gasteiger partial charge in [0, 0.05) is 38.1 Å². The molecule has 0 amide bonds. The van der Waals surface area contributed by atoms with E-state index in [9.17, 15) is 0 Å². The molecular weight excluding hydrogens is 284 g/mol. The molecule has 4 nitrogen and oxygen atoms in total. The van der Waals surface area contributed by atoms with Gasteiger partial charge in [-0.3, -0.25) is 0 Å². The van der Waals surface area contributed by atoms with Crippen molar-refractivity contribution in [1.82, 2.24) is 10.2 Å². The van der Waals surface area contributed by atoms with Gasteiger partial charge in [0.2, 0.25) is 0 Å². The summed E-state index contributed by atoms with van der Waals surface area (Å²) < 4.78 is 0. The molecule has 2 rings (SSSR count). The number of hydrogen-bond donors (Lipinski definition) is 2. The fourth-order valence-electron chi connectivity index (χ4n) is 4.27. The summed E-state index contributed by atoms with van der Waals surface area (Å²) in [6.45, 7) is 12.7. The molecule has 1 aliphatic carbocycles. The average Bonchev–Trinajstić information content (AvgIpc) is 2.78. The monoisotopic (exact) mass is 318 g/mol. The Balaban J connectivity index is 2.04. The number of aliphatic imine (C=N–C) groups is 1. The zero-order valence-corrected chi connectivity index (χ0v) is 15.3. The molecule has 0 radical (unpaired) electrons. The Kier molecular flexibility index (Phi) is 5.90. The lowest BCUT2D eigenvalue weighted by atomic mass is 9.74. The van der Waals surface area contributed by atoms with Gasteiger partial charge in [-0.15, -0.1) is 0 Å². The Hall–Kier alpha value is -1.29.